The smallest absolute Gasteiger partial charge is 0.0457 e. The van der Waals surface area contributed by atoms with Crippen molar-refractivity contribution in [3.63, 3.8) is 0 Å². The molecular formula is C17H18N2. The molecule has 19 heavy (non-hydrogen) atoms. The Hall–Kier alpha value is -2.06. The van der Waals surface area contributed by atoms with Crippen LogP contribution in [0.5, 0.6) is 0 Å². The van der Waals surface area contributed by atoms with Gasteiger partial charge in [-0.05, 0) is 54.3 Å². The van der Waals surface area contributed by atoms with Crippen molar-refractivity contribution in [2.45, 2.75) is 13.3 Å². The van der Waals surface area contributed by atoms with Crippen LogP contribution in [0.1, 0.15) is 11.1 Å². The topological polar surface area (TPSA) is 41.8 Å². The minimum atomic E-state index is 0.682. The highest BCUT2D eigenvalue weighted by molar-refractivity contribution is 5.88. The first kappa shape index (κ1) is 12.0. The number of hydrogen-bond donors (Lipinski definition) is 2. The Morgan fingerprint density at radius 2 is 1.95 bits per heavy atom. The number of rotatable bonds is 3. The van der Waals surface area contributed by atoms with Crippen molar-refractivity contribution in [2.75, 3.05) is 6.54 Å². The zero-order valence-electron chi connectivity index (χ0n) is 11.1. The van der Waals surface area contributed by atoms with Gasteiger partial charge in [0.05, 0.1) is 0 Å². The number of nitrogens with one attached hydrogen (secondary N) is 1. The van der Waals surface area contributed by atoms with Crippen molar-refractivity contribution >= 4 is 10.9 Å². The molecule has 0 unspecified atom stereocenters. The number of aromatic amines is 1. The van der Waals surface area contributed by atoms with Crippen LogP contribution in [0.2, 0.25) is 0 Å². The lowest BCUT2D eigenvalue weighted by Gasteiger charge is -2.06. The van der Waals surface area contributed by atoms with E-state index >= 15 is 0 Å². The molecule has 0 aliphatic rings. The molecule has 3 rings (SSSR count). The first-order chi connectivity index (χ1) is 9.29. The predicted molar refractivity (Wildman–Crippen MR) is 81.2 cm³/mol. The number of H-pyrrole nitrogens is 1. The Balaban J connectivity index is 2.15. The lowest BCUT2D eigenvalue weighted by Crippen LogP contribution is -2.01. The maximum absolute atomic E-state index is 5.67. The van der Waals surface area contributed by atoms with Crippen LogP contribution in [0.3, 0.4) is 0 Å². The molecule has 0 atom stereocenters. The van der Waals surface area contributed by atoms with E-state index in [-0.39, 0.29) is 0 Å². The van der Waals surface area contributed by atoms with Crippen LogP contribution in [0.15, 0.2) is 48.7 Å². The monoisotopic (exact) mass is 250 g/mol. The van der Waals surface area contributed by atoms with Crippen molar-refractivity contribution in [3.05, 3.63) is 59.8 Å². The third-order valence-corrected chi connectivity index (χ3v) is 3.64. The molecular weight excluding hydrogens is 232 g/mol. The molecule has 3 N–H and O–H groups in total. The molecule has 2 nitrogen and oxygen atoms in total. The molecule has 96 valence electrons. The van der Waals surface area contributed by atoms with E-state index in [1.807, 2.05) is 0 Å². The molecule has 0 radical (unpaired) electrons. The highest BCUT2D eigenvalue weighted by atomic mass is 14.7. The molecule has 0 saturated heterocycles. The van der Waals surface area contributed by atoms with Gasteiger partial charge in [0.15, 0.2) is 0 Å². The molecule has 0 amide bonds. The summed E-state index contributed by atoms with van der Waals surface area (Å²) < 4.78 is 0. The van der Waals surface area contributed by atoms with E-state index in [1.165, 1.54) is 33.2 Å². The fourth-order valence-electron chi connectivity index (χ4n) is 2.61. The van der Waals surface area contributed by atoms with Crippen LogP contribution in [-0.2, 0) is 6.42 Å². The van der Waals surface area contributed by atoms with E-state index in [1.54, 1.807) is 0 Å². The third-order valence-electron chi connectivity index (χ3n) is 3.64. The van der Waals surface area contributed by atoms with Crippen LogP contribution in [-0.4, -0.2) is 11.5 Å². The Morgan fingerprint density at radius 1 is 1.11 bits per heavy atom. The van der Waals surface area contributed by atoms with Gasteiger partial charge in [-0.15, -0.1) is 0 Å². The Kier molecular flexibility index (Phi) is 3.10. The molecule has 0 aliphatic heterocycles. The summed E-state index contributed by atoms with van der Waals surface area (Å²) in [5, 5.41) is 1.28. The number of benzene rings is 2. The number of aromatic nitrogens is 1. The minimum Gasteiger partial charge on any atom is -0.361 e. The van der Waals surface area contributed by atoms with Gasteiger partial charge in [0, 0.05) is 17.1 Å². The van der Waals surface area contributed by atoms with Crippen molar-refractivity contribution in [1.29, 1.82) is 0 Å². The summed E-state index contributed by atoms with van der Waals surface area (Å²) >= 11 is 0. The van der Waals surface area contributed by atoms with E-state index < -0.39 is 0 Å². The van der Waals surface area contributed by atoms with Crippen molar-refractivity contribution in [3.8, 4) is 11.1 Å². The molecule has 0 fully saturated rings. The molecule has 3 aromatic rings. The summed E-state index contributed by atoms with van der Waals surface area (Å²) in [6, 6.07) is 15.1. The summed E-state index contributed by atoms with van der Waals surface area (Å²) in [5.74, 6) is 0. The average Bonchev–Trinajstić information content (AvgIpc) is 2.82. The molecule has 0 bridgehead atoms. The second kappa shape index (κ2) is 4.90. The lowest BCUT2D eigenvalue weighted by molar-refractivity contribution is 0.976. The molecule has 0 saturated carbocycles. The molecule has 1 aromatic heterocycles. The average molecular weight is 250 g/mol. The fourth-order valence-corrected chi connectivity index (χ4v) is 2.61. The van der Waals surface area contributed by atoms with Gasteiger partial charge in [0.2, 0.25) is 0 Å². The predicted octanol–water partition coefficient (Wildman–Crippen LogP) is 3.64. The van der Waals surface area contributed by atoms with Crippen LogP contribution < -0.4 is 5.73 Å². The highest BCUT2D eigenvalue weighted by Gasteiger charge is 2.06. The first-order valence-electron chi connectivity index (χ1n) is 6.65. The van der Waals surface area contributed by atoms with Crippen LogP contribution in [0, 0.1) is 6.92 Å². The second-order valence-corrected chi connectivity index (χ2v) is 4.93. The number of aryl methyl sites for hydroxylation is 1. The van der Waals surface area contributed by atoms with Crippen LogP contribution >= 0.6 is 0 Å². The Labute approximate surface area is 113 Å². The van der Waals surface area contributed by atoms with Gasteiger partial charge < -0.3 is 10.7 Å². The Morgan fingerprint density at radius 3 is 2.74 bits per heavy atom. The quantitative estimate of drug-likeness (QED) is 0.732. The maximum atomic E-state index is 5.67. The van der Waals surface area contributed by atoms with E-state index in [2.05, 4.69) is 60.6 Å². The fraction of sp³-hybridized carbons (Fsp3) is 0.176. The van der Waals surface area contributed by atoms with Gasteiger partial charge in [-0.2, -0.15) is 0 Å². The molecule has 0 aliphatic carbocycles. The summed E-state index contributed by atoms with van der Waals surface area (Å²) in [6.45, 7) is 2.83. The zero-order valence-corrected chi connectivity index (χ0v) is 11.1. The van der Waals surface area contributed by atoms with Crippen molar-refractivity contribution in [2.24, 2.45) is 5.73 Å². The zero-order chi connectivity index (χ0) is 13.2. The van der Waals surface area contributed by atoms with Crippen LogP contribution in [0.25, 0.3) is 22.0 Å². The second-order valence-electron chi connectivity index (χ2n) is 4.93. The first-order valence-corrected chi connectivity index (χ1v) is 6.65. The van der Waals surface area contributed by atoms with Crippen molar-refractivity contribution < 1.29 is 0 Å². The number of hydrogen-bond acceptors (Lipinski definition) is 1. The third kappa shape index (κ3) is 2.15. The highest BCUT2D eigenvalue weighted by Crippen LogP contribution is 2.28. The number of nitrogens with two attached hydrogens (primary N) is 1. The summed E-state index contributed by atoms with van der Waals surface area (Å²) in [5.41, 5.74) is 12.0. The van der Waals surface area contributed by atoms with Gasteiger partial charge in [-0.3, -0.25) is 0 Å². The van der Waals surface area contributed by atoms with Gasteiger partial charge in [-0.25, -0.2) is 0 Å². The van der Waals surface area contributed by atoms with Gasteiger partial charge >= 0.3 is 0 Å². The Bertz CT molecular complexity index is 710. The lowest BCUT2D eigenvalue weighted by atomic mass is 9.98. The van der Waals surface area contributed by atoms with E-state index in [0.717, 1.165) is 6.42 Å². The normalized spacial score (nSPS) is 11.1. The standard InChI is InChI=1S/C17H18N2/c1-12-4-2-3-5-15(12)13-6-7-17-16(10-13)14(8-9-18)11-19-17/h2-7,10-11,19H,8-9,18H2,1H3. The number of fused-ring (bicyclic) bond motifs is 1. The van der Waals surface area contributed by atoms with E-state index in [9.17, 15) is 0 Å². The van der Waals surface area contributed by atoms with E-state index in [0.29, 0.717) is 6.54 Å². The van der Waals surface area contributed by atoms with Crippen molar-refractivity contribution in [1.82, 2.24) is 4.98 Å². The summed E-state index contributed by atoms with van der Waals surface area (Å²) in [6.07, 6.45) is 2.98. The molecule has 2 aromatic carbocycles. The maximum Gasteiger partial charge on any atom is 0.0457 e. The summed E-state index contributed by atoms with van der Waals surface area (Å²) in [4.78, 5) is 3.31. The largest absolute Gasteiger partial charge is 0.361 e. The molecule has 2 heteroatoms. The SMILES string of the molecule is Cc1ccccc1-c1ccc2[nH]cc(CCN)c2c1. The van der Waals surface area contributed by atoms with Gasteiger partial charge in [-0.1, -0.05) is 30.3 Å². The molecule has 1 heterocycles. The van der Waals surface area contributed by atoms with Crippen LogP contribution in [0.4, 0.5) is 0 Å². The van der Waals surface area contributed by atoms with E-state index in [4.69, 9.17) is 5.73 Å². The minimum absolute atomic E-state index is 0.682. The summed E-state index contributed by atoms with van der Waals surface area (Å²) in [7, 11) is 0. The van der Waals surface area contributed by atoms with Gasteiger partial charge in [0.25, 0.3) is 0 Å². The van der Waals surface area contributed by atoms with Gasteiger partial charge in [0.1, 0.15) is 0 Å². The molecule has 0 spiro atoms.